The van der Waals surface area contributed by atoms with Gasteiger partial charge in [-0.15, -0.1) is 0 Å². The van der Waals surface area contributed by atoms with Crippen molar-refractivity contribution in [2.45, 2.75) is 31.2 Å². The van der Waals surface area contributed by atoms with Gasteiger partial charge in [0.2, 0.25) is 5.91 Å². The summed E-state index contributed by atoms with van der Waals surface area (Å²) in [6, 6.07) is 10.1. The summed E-state index contributed by atoms with van der Waals surface area (Å²) in [5, 5.41) is 10.7. The number of likely N-dealkylation sites (N-methyl/N-ethyl adjacent to an activating group) is 1. The maximum atomic E-state index is 12.3. The zero-order valence-corrected chi connectivity index (χ0v) is 13.9. The topological polar surface area (TPSA) is 73.9 Å². The standard InChI is InChI=1S/C18H23N5O/c1-23-10-14(15(11-23)19-18(24)13-8-5-9-13)17-20-16(21-22-17)12-6-3-2-4-7-12/h2-4,6-7,13-15H,5,8-11H2,1H3,(H,19,24)(H,20,21,22)/t14-,15-/m1/s1. The van der Waals surface area contributed by atoms with Crippen molar-refractivity contribution in [1.82, 2.24) is 25.4 Å². The Morgan fingerprint density at radius 2 is 2.04 bits per heavy atom. The second kappa shape index (κ2) is 6.36. The lowest BCUT2D eigenvalue weighted by Gasteiger charge is -2.27. The van der Waals surface area contributed by atoms with Crippen molar-refractivity contribution < 1.29 is 4.79 Å². The molecule has 1 saturated heterocycles. The fourth-order valence-corrected chi connectivity index (χ4v) is 3.55. The molecular formula is C18H23N5O. The highest BCUT2D eigenvalue weighted by Crippen LogP contribution is 2.29. The summed E-state index contributed by atoms with van der Waals surface area (Å²) in [5.41, 5.74) is 1.00. The quantitative estimate of drug-likeness (QED) is 0.899. The van der Waals surface area contributed by atoms with Crippen LogP contribution in [-0.4, -0.2) is 52.2 Å². The molecule has 1 aliphatic carbocycles. The Morgan fingerprint density at radius 3 is 2.75 bits per heavy atom. The Kier molecular flexibility index (Phi) is 4.06. The molecule has 1 aliphatic heterocycles. The predicted molar refractivity (Wildman–Crippen MR) is 91.3 cm³/mol. The van der Waals surface area contributed by atoms with Crippen molar-refractivity contribution in [2.24, 2.45) is 5.92 Å². The minimum absolute atomic E-state index is 0.0969. The van der Waals surface area contributed by atoms with Crippen molar-refractivity contribution in [1.29, 1.82) is 0 Å². The first-order valence-electron chi connectivity index (χ1n) is 8.67. The molecule has 1 aromatic carbocycles. The van der Waals surface area contributed by atoms with Crippen LogP contribution in [0.25, 0.3) is 11.4 Å². The van der Waals surface area contributed by atoms with Crippen LogP contribution < -0.4 is 5.32 Å². The summed E-state index contributed by atoms with van der Waals surface area (Å²) in [4.78, 5) is 19.2. The molecule has 2 aromatic rings. The summed E-state index contributed by atoms with van der Waals surface area (Å²) in [7, 11) is 2.08. The van der Waals surface area contributed by atoms with Crippen molar-refractivity contribution in [2.75, 3.05) is 20.1 Å². The van der Waals surface area contributed by atoms with E-state index in [9.17, 15) is 4.79 Å². The average Bonchev–Trinajstić information content (AvgIpc) is 3.13. The number of hydrogen-bond acceptors (Lipinski definition) is 4. The van der Waals surface area contributed by atoms with E-state index in [2.05, 4.69) is 32.4 Å². The van der Waals surface area contributed by atoms with Crippen molar-refractivity contribution in [3.8, 4) is 11.4 Å². The molecular weight excluding hydrogens is 302 g/mol. The van der Waals surface area contributed by atoms with Crippen LogP contribution in [0.5, 0.6) is 0 Å². The molecule has 6 nitrogen and oxygen atoms in total. The summed E-state index contributed by atoms with van der Waals surface area (Å²) >= 11 is 0. The number of carbonyl (C=O) groups is 1. The van der Waals surface area contributed by atoms with Crippen LogP contribution in [0.4, 0.5) is 0 Å². The van der Waals surface area contributed by atoms with E-state index in [1.165, 1.54) is 6.42 Å². The van der Waals surface area contributed by atoms with Crippen LogP contribution in [0.3, 0.4) is 0 Å². The second-order valence-electron chi connectivity index (χ2n) is 6.98. The number of H-pyrrole nitrogens is 1. The smallest absolute Gasteiger partial charge is 0.223 e. The molecule has 6 heteroatoms. The van der Waals surface area contributed by atoms with Crippen molar-refractivity contribution in [3.05, 3.63) is 36.2 Å². The summed E-state index contributed by atoms with van der Waals surface area (Å²) in [5.74, 6) is 2.14. The third-order valence-electron chi connectivity index (χ3n) is 5.19. The Bertz CT molecular complexity index is 709. The van der Waals surface area contributed by atoms with Crippen LogP contribution in [0.15, 0.2) is 30.3 Å². The van der Waals surface area contributed by atoms with Gasteiger partial charge < -0.3 is 10.2 Å². The minimum atomic E-state index is 0.0969. The van der Waals surface area contributed by atoms with E-state index < -0.39 is 0 Å². The summed E-state index contributed by atoms with van der Waals surface area (Å²) < 4.78 is 0. The second-order valence-corrected chi connectivity index (χ2v) is 6.98. The average molecular weight is 325 g/mol. The Balaban J connectivity index is 1.51. The normalized spacial score (nSPS) is 24.7. The molecule has 24 heavy (non-hydrogen) atoms. The molecule has 2 N–H and O–H groups in total. The molecule has 2 aliphatic rings. The molecule has 1 aromatic heterocycles. The molecule has 0 bridgehead atoms. The molecule has 4 rings (SSSR count). The number of aromatic nitrogens is 3. The van der Waals surface area contributed by atoms with Crippen LogP contribution in [-0.2, 0) is 4.79 Å². The van der Waals surface area contributed by atoms with Crippen LogP contribution in [0.1, 0.15) is 31.0 Å². The van der Waals surface area contributed by atoms with Crippen molar-refractivity contribution >= 4 is 5.91 Å². The first-order chi connectivity index (χ1) is 11.7. The molecule has 2 heterocycles. The number of carbonyl (C=O) groups excluding carboxylic acids is 1. The monoisotopic (exact) mass is 325 g/mol. The lowest BCUT2D eigenvalue weighted by molar-refractivity contribution is -0.128. The first-order valence-corrected chi connectivity index (χ1v) is 8.67. The van der Waals surface area contributed by atoms with Crippen LogP contribution in [0.2, 0.25) is 0 Å². The zero-order valence-electron chi connectivity index (χ0n) is 13.9. The highest BCUT2D eigenvalue weighted by atomic mass is 16.2. The lowest BCUT2D eigenvalue weighted by Crippen LogP contribution is -2.44. The fourth-order valence-electron chi connectivity index (χ4n) is 3.55. The Morgan fingerprint density at radius 1 is 1.25 bits per heavy atom. The van der Waals surface area contributed by atoms with Gasteiger partial charge in [0.1, 0.15) is 5.82 Å². The molecule has 126 valence electrons. The Hall–Kier alpha value is -2.21. The number of rotatable bonds is 4. The summed E-state index contributed by atoms with van der Waals surface area (Å²) in [6.07, 6.45) is 3.23. The molecule has 2 atom stereocenters. The van der Waals surface area contributed by atoms with E-state index in [1.807, 2.05) is 30.3 Å². The number of hydrogen-bond donors (Lipinski definition) is 2. The fraction of sp³-hybridized carbons (Fsp3) is 0.500. The van der Waals surface area contributed by atoms with Gasteiger partial charge in [-0.1, -0.05) is 36.8 Å². The highest BCUT2D eigenvalue weighted by Gasteiger charge is 2.37. The number of amides is 1. The van der Waals surface area contributed by atoms with E-state index in [0.717, 1.165) is 37.3 Å². The van der Waals surface area contributed by atoms with E-state index in [1.54, 1.807) is 0 Å². The number of likely N-dealkylation sites (tertiary alicyclic amines) is 1. The molecule has 1 saturated carbocycles. The van der Waals surface area contributed by atoms with Gasteiger partial charge in [-0.05, 0) is 19.9 Å². The van der Waals surface area contributed by atoms with Crippen LogP contribution in [0, 0.1) is 5.92 Å². The van der Waals surface area contributed by atoms with Gasteiger partial charge in [0, 0.05) is 24.6 Å². The molecule has 0 spiro atoms. The number of nitrogens with zero attached hydrogens (tertiary/aromatic N) is 3. The largest absolute Gasteiger partial charge is 0.351 e. The highest BCUT2D eigenvalue weighted by molar-refractivity contribution is 5.79. The van der Waals surface area contributed by atoms with E-state index in [-0.39, 0.29) is 23.8 Å². The zero-order chi connectivity index (χ0) is 16.5. The van der Waals surface area contributed by atoms with Gasteiger partial charge in [-0.3, -0.25) is 9.89 Å². The predicted octanol–water partition coefficient (Wildman–Crippen LogP) is 1.79. The molecule has 0 unspecified atom stereocenters. The maximum absolute atomic E-state index is 12.3. The van der Waals surface area contributed by atoms with Gasteiger partial charge in [0.25, 0.3) is 0 Å². The van der Waals surface area contributed by atoms with Gasteiger partial charge in [-0.2, -0.15) is 5.10 Å². The van der Waals surface area contributed by atoms with E-state index in [4.69, 9.17) is 0 Å². The lowest BCUT2D eigenvalue weighted by atomic mass is 9.84. The number of benzene rings is 1. The van der Waals surface area contributed by atoms with Gasteiger partial charge in [-0.25, -0.2) is 4.98 Å². The van der Waals surface area contributed by atoms with Gasteiger partial charge >= 0.3 is 0 Å². The first kappa shape index (κ1) is 15.3. The van der Waals surface area contributed by atoms with E-state index >= 15 is 0 Å². The molecule has 0 radical (unpaired) electrons. The van der Waals surface area contributed by atoms with Crippen molar-refractivity contribution in [3.63, 3.8) is 0 Å². The number of nitrogens with one attached hydrogen (secondary N) is 2. The molecule has 1 amide bonds. The minimum Gasteiger partial charge on any atom is -0.351 e. The van der Waals surface area contributed by atoms with Gasteiger partial charge in [0.05, 0.1) is 12.0 Å². The third kappa shape index (κ3) is 2.94. The van der Waals surface area contributed by atoms with E-state index in [0.29, 0.717) is 5.82 Å². The molecule has 2 fully saturated rings. The maximum Gasteiger partial charge on any atom is 0.223 e. The van der Waals surface area contributed by atoms with Crippen LogP contribution >= 0.6 is 0 Å². The SMILES string of the molecule is CN1C[C@@H](NC(=O)C2CCC2)[C@H](c2nc(-c3ccccc3)n[nH]2)C1. The summed E-state index contributed by atoms with van der Waals surface area (Å²) in [6.45, 7) is 1.73. The third-order valence-corrected chi connectivity index (χ3v) is 5.19. The Labute approximate surface area is 141 Å². The van der Waals surface area contributed by atoms with Gasteiger partial charge in [0.15, 0.2) is 5.82 Å². The number of aromatic amines is 1.